The molecule has 1 aromatic carbocycles. The molecule has 7 heteroatoms. The molecule has 2 aromatic rings. The van der Waals surface area contributed by atoms with Gasteiger partial charge in [0.2, 0.25) is 0 Å². The summed E-state index contributed by atoms with van der Waals surface area (Å²) < 4.78 is 42.6. The zero-order valence-electron chi connectivity index (χ0n) is 11.7. The average molecular weight is 299 g/mol. The molecule has 2 rings (SSSR count). The minimum Gasteiger partial charge on any atom is -0.406 e. The van der Waals surface area contributed by atoms with E-state index in [1.165, 1.54) is 18.2 Å². The van der Waals surface area contributed by atoms with Crippen LogP contribution in [0.25, 0.3) is 0 Å². The maximum Gasteiger partial charge on any atom is 0.573 e. The van der Waals surface area contributed by atoms with E-state index >= 15 is 0 Å². The number of hydrogen-bond donors (Lipinski definition) is 1. The van der Waals surface area contributed by atoms with Crippen LogP contribution in [0.1, 0.15) is 24.2 Å². The quantitative estimate of drug-likeness (QED) is 0.922. The predicted octanol–water partition coefficient (Wildman–Crippen LogP) is 3.02. The number of benzene rings is 1. The molecule has 0 aliphatic carbocycles. The summed E-state index contributed by atoms with van der Waals surface area (Å²) in [7, 11) is 1.84. The van der Waals surface area contributed by atoms with E-state index in [1.807, 2.05) is 20.2 Å². The molecule has 0 amide bonds. The smallest absolute Gasteiger partial charge is 0.406 e. The van der Waals surface area contributed by atoms with Crippen LogP contribution in [-0.4, -0.2) is 22.5 Å². The van der Waals surface area contributed by atoms with Gasteiger partial charge in [0, 0.05) is 13.2 Å². The van der Waals surface area contributed by atoms with Crippen molar-refractivity contribution in [3.05, 3.63) is 48.0 Å². The Morgan fingerprint density at radius 3 is 2.71 bits per heavy atom. The number of halogens is 3. The van der Waals surface area contributed by atoms with Crippen LogP contribution in [0.2, 0.25) is 0 Å². The summed E-state index contributed by atoms with van der Waals surface area (Å²) in [5.74, 6) is -0.237. The van der Waals surface area contributed by atoms with Gasteiger partial charge in [0.05, 0.1) is 18.1 Å². The SMILES string of the molecule is CCNC(c1cccc(OC(F)(F)F)c1)c1cn(C)cn1. The molecule has 0 spiro atoms. The number of hydrogen-bond acceptors (Lipinski definition) is 3. The van der Waals surface area contributed by atoms with Gasteiger partial charge in [-0.15, -0.1) is 13.2 Å². The number of nitrogens with zero attached hydrogens (tertiary/aromatic N) is 2. The van der Waals surface area contributed by atoms with Crippen molar-refractivity contribution >= 4 is 0 Å². The van der Waals surface area contributed by atoms with E-state index < -0.39 is 6.36 Å². The number of aryl methyl sites for hydroxylation is 1. The first kappa shape index (κ1) is 15.4. The first-order chi connectivity index (χ1) is 9.89. The Bertz CT molecular complexity index is 595. The highest BCUT2D eigenvalue weighted by Crippen LogP contribution is 2.27. The van der Waals surface area contributed by atoms with Gasteiger partial charge >= 0.3 is 6.36 Å². The molecular weight excluding hydrogens is 283 g/mol. The third-order valence-corrected chi connectivity index (χ3v) is 2.85. The molecule has 0 fully saturated rings. The average Bonchev–Trinajstić information content (AvgIpc) is 2.80. The third kappa shape index (κ3) is 4.22. The van der Waals surface area contributed by atoms with Gasteiger partial charge in [0.15, 0.2) is 0 Å². The number of aromatic nitrogens is 2. The lowest BCUT2D eigenvalue weighted by molar-refractivity contribution is -0.274. The van der Waals surface area contributed by atoms with Crippen molar-refractivity contribution in [3.63, 3.8) is 0 Å². The van der Waals surface area contributed by atoms with E-state index in [-0.39, 0.29) is 11.8 Å². The number of rotatable bonds is 5. The Kier molecular flexibility index (Phi) is 4.52. The normalized spacial score (nSPS) is 13.2. The van der Waals surface area contributed by atoms with E-state index in [9.17, 15) is 13.2 Å². The largest absolute Gasteiger partial charge is 0.573 e. The number of ether oxygens (including phenoxy) is 1. The fourth-order valence-electron chi connectivity index (χ4n) is 2.07. The monoisotopic (exact) mass is 299 g/mol. The summed E-state index contributed by atoms with van der Waals surface area (Å²) in [4.78, 5) is 4.25. The van der Waals surface area contributed by atoms with Gasteiger partial charge < -0.3 is 14.6 Å². The minimum absolute atomic E-state index is 0.237. The van der Waals surface area contributed by atoms with Crippen molar-refractivity contribution in [2.45, 2.75) is 19.3 Å². The van der Waals surface area contributed by atoms with Crippen molar-refractivity contribution in [1.29, 1.82) is 0 Å². The van der Waals surface area contributed by atoms with Gasteiger partial charge in [-0.25, -0.2) is 4.98 Å². The molecule has 1 aromatic heterocycles. The number of alkyl halides is 3. The first-order valence-corrected chi connectivity index (χ1v) is 6.46. The fourth-order valence-corrected chi connectivity index (χ4v) is 2.07. The molecule has 114 valence electrons. The second kappa shape index (κ2) is 6.17. The zero-order chi connectivity index (χ0) is 15.5. The van der Waals surface area contributed by atoms with Crippen LogP contribution in [0, 0.1) is 0 Å². The number of imidazole rings is 1. The molecule has 1 unspecified atom stereocenters. The molecule has 1 N–H and O–H groups in total. The molecule has 21 heavy (non-hydrogen) atoms. The van der Waals surface area contributed by atoms with Crippen LogP contribution < -0.4 is 10.1 Å². The minimum atomic E-state index is -4.70. The van der Waals surface area contributed by atoms with Gasteiger partial charge in [0.25, 0.3) is 0 Å². The molecule has 0 aliphatic heterocycles. The second-order valence-corrected chi connectivity index (χ2v) is 4.57. The summed E-state index contributed by atoms with van der Waals surface area (Å²) >= 11 is 0. The summed E-state index contributed by atoms with van der Waals surface area (Å²) in [6, 6.07) is 5.64. The van der Waals surface area contributed by atoms with Crippen LogP contribution in [0.4, 0.5) is 13.2 Å². The molecule has 0 saturated carbocycles. The Morgan fingerprint density at radius 2 is 2.14 bits per heavy atom. The summed E-state index contributed by atoms with van der Waals surface area (Å²) in [5.41, 5.74) is 1.40. The zero-order valence-corrected chi connectivity index (χ0v) is 11.7. The molecule has 4 nitrogen and oxygen atoms in total. The lowest BCUT2D eigenvalue weighted by atomic mass is 10.0. The first-order valence-electron chi connectivity index (χ1n) is 6.46. The second-order valence-electron chi connectivity index (χ2n) is 4.57. The molecule has 0 bridgehead atoms. The Labute approximate surface area is 120 Å². The van der Waals surface area contributed by atoms with E-state index in [0.29, 0.717) is 12.1 Å². The number of nitrogens with one attached hydrogen (secondary N) is 1. The van der Waals surface area contributed by atoms with E-state index in [4.69, 9.17) is 0 Å². The highest BCUT2D eigenvalue weighted by molar-refractivity contribution is 5.34. The lowest BCUT2D eigenvalue weighted by Gasteiger charge is -2.17. The highest BCUT2D eigenvalue weighted by atomic mass is 19.4. The Balaban J connectivity index is 2.30. The van der Waals surface area contributed by atoms with Crippen LogP contribution in [0.3, 0.4) is 0 Å². The Hall–Kier alpha value is -2.02. The van der Waals surface area contributed by atoms with Gasteiger partial charge in [-0.05, 0) is 24.2 Å². The van der Waals surface area contributed by atoms with Gasteiger partial charge in [0.1, 0.15) is 5.75 Å². The molecular formula is C14H16F3N3O. The maximum absolute atomic E-state index is 12.3. The topological polar surface area (TPSA) is 39.1 Å². The van der Waals surface area contributed by atoms with Crippen LogP contribution in [0.5, 0.6) is 5.75 Å². The molecule has 0 aliphatic rings. The van der Waals surface area contributed by atoms with Crippen molar-refractivity contribution in [2.24, 2.45) is 7.05 Å². The van der Waals surface area contributed by atoms with E-state index in [1.54, 1.807) is 17.0 Å². The van der Waals surface area contributed by atoms with Crippen molar-refractivity contribution in [1.82, 2.24) is 14.9 Å². The predicted molar refractivity (Wildman–Crippen MR) is 71.9 cm³/mol. The van der Waals surface area contributed by atoms with Crippen molar-refractivity contribution in [3.8, 4) is 5.75 Å². The maximum atomic E-state index is 12.3. The van der Waals surface area contributed by atoms with Crippen molar-refractivity contribution < 1.29 is 17.9 Å². The van der Waals surface area contributed by atoms with Crippen LogP contribution in [0.15, 0.2) is 36.8 Å². The third-order valence-electron chi connectivity index (χ3n) is 2.85. The Morgan fingerprint density at radius 1 is 1.38 bits per heavy atom. The highest BCUT2D eigenvalue weighted by Gasteiger charge is 2.31. The van der Waals surface area contributed by atoms with Gasteiger partial charge in [-0.2, -0.15) is 0 Å². The standard InChI is InChI=1S/C14H16F3N3O/c1-3-18-13(12-8-20(2)9-19-12)10-5-4-6-11(7-10)21-14(15,16)17/h4-9,13,18H,3H2,1-2H3. The summed E-state index contributed by atoms with van der Waals surface area (Å²) in [6.07, 6.45) is -1.22. The van der Waals surface area contributed by atoms with Crippen molar-refractivity contribution in [2.75, 3.05) is 6.54 Å². The van der Waals surface area contributed by atoms with Crippen LogP contribution >= 0.6 is 0 Å². The van der Waals surface area contributed by atoms with Gasteiger partial charge in [-0.1, -0.05) is 19.1 Å². The molecule has 0 radical (unpaired) electrons. The molecule has 1 atom stereocenters. The van der Waals surface area contributed by atoms with E-state index in [2.05, 4.69) is 15.0 Å². The summed E-state index contributed by atoms with van der Waals surface area (Å²) in [6.45, 7) is 2.58. The lowest BCUT2D eigenvalue weighted by Crippen LogP contribution is -2.23. The molecule has 0 saturated heterocycles. The fraction of sp³-hybridized carbons (Fsp3) is 0.357. The van der Waals surface area contributed by atoms with E-state index in [0.717, 1.165) is 5.69 Å². The van der Waals surface area contributed by atoms with Gasteiger partial charge in [-0.3, -0.25) is 0 Å². The summed E-state index contributed by atoms with van der Waals surface area (Å²) in [5, 5.41) is 3.21. The molecule has 1 heterocycles. The van der Waals surface area contributed by atoms with Crippen LogP contribution in [-0.2, 0) is 7.05 Å².